The number of anilines is 9. The van der Waals surface area contributed by atoms with E-state index in [0.29, 0.717) is 0 Å². The van der Waals surface area contributed by atoms with Gasteiger partial charge in [0, 0.05) is 50.9 Å². The predicted octanol–water partition coefficient (Wildman–Crippen LogP) is 40.7. The van der Waals surface area contributed by atoms with E-state index < -0.39 is 0 Å². The van der Waals surface area contributed by atoms with Gasteiger partial charge in [-0.3, -0.25) is 0 Å². The average molecular weight is 1870 g/mol. The molecule has 0 aliphatic carbocycles. The summed E-state index contributed by atoms with van der Waals surface area (Å²) in [6, 6.07) is 221. The van der Waals surface area contributed by atoms with Gasteiger partial charge in [-0.2, -0.15) is 0 Å². The second kappa shape index (κ2) is 41.5. The molecule has 0 heterocycles. The van der Waals surface area contributed by atoms with E-state index in [1.165, 1.54) is 187 Å². The van der Waals surface area contributed by atoms with Crippen LogP contribution in [0.2, 0.25) is 0 Å². The van der Waals surface area contributed by atoms with Gasteiger partial charge in [-0.15, -0.1) is 0 Å². The Labute approximate surface area is 859 Å². The Morgan fingerprint density at radius 3 is 0.639 bits per heavy atom. The third-order valence-corrected chi connectivity index (χ3v) is 28.4. The molecule has 0 saturated carbocycles. The van der Waals surface area contributed by atoms with Crippen LogP contribution in [0.5, 0.6) is 0 Å². The van der Waals surface area contributed by atoms with Crippen LogP contribution in [0.1, 0.15) is 0 Å². The van der Waals surface area contributed by atoms with Crippen molar-refractivity contribution >= 4 is 116 Å². The van der Waals surface area contributed by atoms with Crippen molar-refractivity contribution in [2.75, 3.05) is 14.7 Å². The Balaban J connectivity index is 0.000000118. The molecule has 0 saturated heterocycles. The molecule has 0 bridgehead atoms. The lowest BCUT2D eigenvalue weighted by Gasteiger charge is -2.28. The fraction of sp³-hybridized carbons (Fsp3) is 0. The predicted molar refractivity (Wildman–Crippen MR) is 628 cm³/mol. The molecule has 0 fully saturated rings. The monoisotopic (exact) mass is 1870 g/mol. The van der Waals surface area contributed by atoms with Crippen LogP contribution >= 0.6 is 0 Å². The van der Waals surface area contributed by atoms with Crippen LogP contribution in [0, 0.1) is 0 Å². The molecule has 26 rings (SSSR count). The van der Waals surface area contributed by atoms with Crippen molar-refractivity contribution in [3.05, 3.63) is 613 Å². The van der Waals surface area contributed by atoms with Gasteiger partial charge in [-0.25, -0.2) is 0 Å². The van der Waals surface area contributed by atoms with Crippen LogP contribution in [0.3, 0.4) is 0 Å². The molecular formula is C144H101N3. The number of rotatable bonds is 20. The Kier molecular flexibility index (Phi) is 25.5. The molecule has 0 aliphatic rings. The molecule has 3 nitrogen and oxygen atoms in total. The summed E-state index contributed by atoms with van der Waals surface area (Å²) in [5.41, 5.74) is 36.9. The minimum Gasteiger partial charge on any atom is -0.311 e. The molecule has 3 heteroatoms. The first-order chi connectivity index (χ1) is 72.9. The van der Waals surface area contributed by atoms with Gasteiger partial charge in [0.25, 0.3) is 0 Å². The first-order valence-electron chi connectivity index (χ1n) is 50.5. The highest BCUT2D eigenvalue weighted by molar-refractivity contribution is 6.15. The van der Waals surface area contributed by atoms with E-state index in [1.54, 1.807) is 0 Å². The van der Waals surface area contributed by atoms with Gasteiger partial charge in [-0.05, 0) is 309 Å². The van der Waals surface area contributed by atoms with Crippen molar-refractivity contribution in [1.82, 2.24) is 0 Å². The maximum atomic E-state index is 2.42. The lowest BCUT2D eigenvalue weighted by molar-refractivity contribution is 1.28. The Bertz CT molecular complexity index is 9100. The fourth-order valence-corrected chi connectivity index (χ4v) is 20.9. The van der Waals surface area contributed by atoms with Gasteiger partial charge in [0.2, 0.25) is 0 Å². The summed E-state index contributed by atoms with van der Waals surface area (Å²) >= 11 is 0. The van der Waals surface area contributed by atoms with Gasteiger partial charge in [0.15, 0.2) is 0 Å². The summed E-state index contributed by atoms with van der Waals surface area (Å²) in [6.45, 7) is 0. The number of benzene rings is 26. The number of fused-ring (bicyclic) bond motifs is 7. The molecule has 0 aromatic heterocycles. The molecule has 0 amide bonds. The molecule has 0 atom stereocenters. The molecule has 0 radical (unpaired) electrons. The molecule has 147 heavy (non-hydrogen) atoms. The normalized spacial score (nSPS) is 11.1. The summed E-state index contributed by atoms with van der Waals surface area (Å²) < 4.78 is 0. The van der Waals surface area contributed by atoms with Crippen molar-refractivity contribution in [3.63, 3.8) is 0 Å². The van der Waals surface area contributed by atoms with Gasteiger partial charge in [-0.1, -0.05) is 485 Å². The molecular weight excluding hydrogens is 1770 g/mol. The van der Waals surface area contributed by atoms with Crippen LogP contribution < -0.4 is 14.7 Å². The van der Waals surface area contributed by atoms with Crippen molar-refractivity contribution in [2.24, 2.45) is 0 Å². The maximum absolute atomic E-state index is 2.42. The van der Waals surface area contributed by atoms with Crippen LogP contribution in [0.25, 0.3) is 187 Å². The fourth-order valence-electron chi connectivity index (χ4n) is 20.9. The number of hydrogen-bond acceptors (Lipinski definition) is 3. The maximum Gasteiger partial charge on any atom is 0.0546 e. The summed E-state index contributed by atoms with van der Waals surface area (Å²) in [5, 5.41) is 15.0. The Morgan fingerprint density at radius 1 is 0.0884 bits per heavy atom. The van der Waals surface area contributed by atoms with E-state index >= 15 is 0 Å². The largest absolute Gasteiger partial charge is 0.311 e. The Hall–Kier alpha value is -19.3. The van der Waals surface area contributed by atoms with E-state index in [1.807, 2.05) is 0 Å². The quantitative estimate of drug-likeness (QED) is 0.0704. The van der Waals surface area contributed by atoms with E-state index in [0.717, 1.165) is 51.2 Å². The average Bonchev–Trinajstić information content (AvgIpc) is 0.750. The summed E-state index contributed by atoms with van der Waals surface area (Å²) in [5.74, 6) is 0. The van der Waals surface area contributed by atoms with Crippen molar-refractivity contribution < 1.29 is 0 Å². The summed E-state index contributed by atoms with van der Waals surface area (Å²) in [7, 11) is 0. The zero-order valence-electron chi connectivity index (χ0n) is 81.2. The third-order valence-electron chi connectivity index (χ3n) is 28.4. The first-order valence-corrected chi connectivity index (χ1v) is 50.5. The van der Waals surface area contributed by atoms with Gasteiger partial charge in [0.05, 0.1) is 5.69 Å². The molecule has 0 N–H and O–H groups in total. The van der Waals surface area contributed by atoms with Crippen LogP contribution in [-0.4, -0.2) is 0 Å². The third kappa shape index (κ3) is 19.1. The number of hydrogen-bond donors (Lipinski definition) is 0. The molecule has 0 spiro atoms. The minimum atomic E-state index is 1.11. The minimum absolute atomic E-state index is 1.11. The molecule has 692 valence electrons. The lowest BCUT2D eigenvalue weighted by Crippen LogP contribution is -2.10. The molecule has 0 aliphatic heterocycles. The van der Waals surface area contributed by atoms with E-state index in [2.05, 4.69) is 627 Å². The van der Waals surface area contributed by atoms with Crippen molar-refractivity contribution in [2.45, 2.75) is 0 Å². The topological polar surface area (TPSA) is 9.72 Å². The zero-order chi connectivity index (χ0) is 98.0. The van der Waals surface area contributed by atoms with Crippen molar-refractivity contribution in [3.8, 4) is 122 Å². The summed E-state index contributed by atoms with van der Waals surface area (Å²) in [6.07, 6.45) is 0. The second-order valence-electron chi connectivity index (χ2n) is 37.4. The van der Waals surface area contributed by atoms with Gasteiger partial charge in [0.1, 0.15) is 0 Å². The second-order valence-corrected chi connectivity index (χ2v) is 37.4. The van der Waals surface area contributed by atoms with Crippen LogP contribution in [0.15, 0.2) is 613 Å². The number of para-hydroxylation sites is 2. The highest BCUT2D eigenvalue weighted by atomic mass is 15.2. The van der Waals surface area contributed by atoms with Gasteiger partial charge < -0.3 is 14.7 Å². The van der Waals surface area contributed by atoms with E-state index in [9.17, 15) is 0 Å². The van der Waals surface area contributed by atoms with E-state index in [4.69, 9.17) is 0 Å². The molecule has 26 aromatic carbocycles. The standard InChI is InChI=1S/C52H35N.2C46H33N/c1-2-12-37(13-3-1)47-23-11-17-39-24-25-41(34-51(39)47)36-26-30-43(31-27-36)53(52-35-42-15-5-7-19-48(42)49-20-8-9-21-50(49)52)44-32-28-40(29-33-44)46-22-10-16-38-14-4-6-18-45(38)46;1-4-12-34(13-5-1)39-17-10-18-40(32-39)35-24-28-43(29-25-35)47(42-19-8-3-9-20-42)44-30-26-36(27-31-44)41-23-22-38-16-11-21-45(46(38)33-41)37-14-6-2-7-15-37;1-4-11-34(12-5-1)35-19-21-36(22-20-35)37-25-29-43(30-26-37)47(42-16-8-3-9-17-42)44-31-27-38(28-32-44)41-24-23-40-15-10-18-45(46(40)33-41)39-13-6-2-7-14-39/h1-35H;2*1-33H. The highest BCUT2D eigenvalue weighted by Gasteiger charge is 2.23. The zero-order valence-corrected chi connectivity index (χ0v) is 81.2. The highest BCUT2D eigenvalue weighted by Crippen LogP contribution is 2.48. The first kappa shape index (κ1) is 90.2. The molecule has 0 unspecified atom stereocenters. The smallest absolute Gasteiger partial charge is 0.0546 e. The Morgan fingerprint density at radius 2 is 0.286 bits per heavy atom. The molecule has 26 aromatic rings. The summed E-state index contributed by atoms with van der Waals surface area (Å²) in [4.78, 5) is 7.06. The van der Waals surface area contributed by atoms with E-state index in [-0.39, 0.29) is 0 Å². The van der Waals surface area contributed by atoms with Crippen molar-refractivity contribution in [1.29, 1.82) is 0 Å². The van der Waals surface area contributed by atoms with Gasteiger partial charge >= 0.3 is 0 Å². The number of nitrogens with zero attached hydrogens (tertiary/aromatic N) is 3. The van der Waals surface area contributed by atoms with Crippen LogP contribution in [-0.2, 0) is 0 Å². The SMILES string of the molecule is c1ccc(-c2ccc(-c3ccc(N(c4ccccc4)c4ccc(-c5ccc6cccc(-c7ccccc7)c6c5)cc4)cc3)cc2)cc1.c1ccc(-c2cccc(-c3ccc(N(c4ccccc4)c4ccc(-c5ccc6cccc(-c7ccccc7)c6c5)cc4)cc3)c2)cc1.c1ccc(-c2cccc3ccc(-c4ccc(N(c5ccc(-c6cccc7ccccc67)cc5)c5cc6ccccc6c6ccccc56)cc4)cc23)cc1. The van der Waals surface area contributed by atoms with Crippen LogP contribution in [0.4, 0.5) is 51.2 Å². The lowest BCUT2D eigenvalue weighted by atomic mass is 9.94.